The van der Waals surface area contributed by atoms with Crippen LogP contribution in [0.2, 0.25) is 0 Å². The molecule has 1 aromatic carbocycles. The summed E-state index contributed by atoms with van der Waals surface area (Å²) in [5, 5.41) is 2.79. The average Bonchev–Trinajstić information content (AvgIpc) is 3.04. The number of aryl methyl sites for hydroxylation is 1. The van der Waals surface area contributed by atoms with E-state index in [2.05, 4.69) is 29.6 Å². The van der Waals surface area contributed by atoms with E-state index in [0.29, 0.717) is 0 Å². The number of benzene rings is 1. The molecule has 0 radical (unpaired) electrons. The third-order valence-corrected chi connectivity index (χ3v) is 4.26. The van der Waals surface area contributed by atoms with Crippen molar-refractivity contribution in [3.8, 4) is 0 Å². The van der Waals surface area contributed by atoms with Gasteiger partial charge in [-0.1, -0.05) is 24.3 Å². The molecule has 0 aromatic heterocycles. The van der Waals surface area contributed by atoms with Crippen LogP contribution in [0.4, 0.5) is 0 Å². The summed E-state index contributed by atoms with van der Waals surface area (Å²) >= 11 is 0. The van der Waals surface area contributed by atoms with Gasteiger partial charge in [0, 0.05) is 18.4 Å². The molecule has 1 saturated carbocycles. The highest BCUT2D eigenvalue weighted by molar-refractivity contribution is 5.84. The highest BCUT2D eigenvalue weighted by atomic mass is 16.2. The van der Waals surface area contributed by atoms with Crippen LogP contribution in [-0.2, 0) is 16.6 Å². The van der Waals surface area contributed by atoms with Crippen molar-refractivity contribution in [1.82, 2.24) is 5.32 Å². The zero-order valence-corrected chi connectivity index (χ0v) is 9.62. The molecule has 0 bridgehead atoms. The normalized spacial score (nSPS) is 30.9. The summed E-state index contributed by atoms with van der Waals surface area (Å²) in [5.41, 5.74) is 3.09. The highest BCUT2D eigenvalue weighted by Gasteiger charge is 2.59. The van der Waals surface area contributed by atoms with Crippen LogP contribution in [0.3, 0.4) is 0 Å². The van der Waals surface area contributed by atoms with Gasteiger partial charge < -0.3 is 5.32 Å². The fraction of sp³-hybridized carbons (Fsp3) is 0.500. The van der Waals surface area contributed by atoms with E-state index in [9.17, 15) is 4.79 Å². The summed E-state index contributed by atoms with van der Waals surface area (Å²) in [6, 6.07) is 8.65. The maximum atomic E-state index is 11.7. The van der Waals surface area contributed by atoms with Crippen LogP contribution in [0.25, 0.3) is 0 Å². The molecule has 3 rings (SSSR count). The Morgan fingerprint density at radius 2 is 2.25 bits per heavy atom. The van der Waals surface area contributed by atoms with Gasteiger partial charge in [0.05, 0.1) is 0 Å². The van der Waals surface area contributed by atoms with Crippen LogP contribution in [0.15, 0.2) is 24.3 Å². The van der Waals surface area contributed by atoms with Gasteiger partial charge in [-0.15, -0.1) is 0 Å². The zero-order valence-electron chi connectivity index (χ0n) is 9.62. The number of nitrogens with one attached hydrogen (secondary N) is 1. The van der Waals surface area contributed by atoms with E-state index in [0.717, 1.165) is 6.42 Å². The van der Waals surface area contributed by atoms with Crippen molar-refractivity contribution in [3.05, 3.63) is 35.4 Å². The second-order valence-electron chi connectivity index (χ2n) is 5.04. The zero-order chi connectivity index (χ0) is 11.2. The molecule has 0 aliphatic heterocycles. The fourth-order valence-electron chi connectivity index (χ4n) is 3.35. The molecular formula is C14H17NO. The lowest BCUT2D eigenvalue weighted by Gasteiger charge is -2.26. The Kier molecular flexibility index (Phi) is 2.06. The molecule has 1 fully saturated rings. The first-order valence-electron chi connectivity index (χ1n) is 6.08. The summed E-state index contributed by atoms with van der Waals surface area (Å²) in [6.45, 7) is 0. The SMILES string of the molecule is CNC(=O)[C@H]1C[C@@]12CCCc1ccccc12. The number of carbonyl (C=O) groups is 1. The number of hydrogen-bond acceptors (Lipinski definition) is 1. The molecule has 1 amide bonds. The molecule has 0 saturated heterocycles. The second kappa shape index (κ2) is 3.34. The number of carbonyl (C=O) groups excluding carboxylic acids is 1. The largest absolute Gasteiger partial charge is 0.359 e. The van der Waals surface area contributed by atoms with E-state index in [1.165, 1.54) is 30.4 Å². The molecule has 1 N–H and O–H groups in total. The van der Waals surface area contributed by atoms with Crippen molar-refractivity contribution in [3.63, 3.8) is 0 Å². The molecule has 2 atom stereocenters. The maximum Gasteiger partial charge on any atom is 0.223 e. The van der Waals surface area contributed by atoms with Crippen molar-refractivity contribution >= 4 is 5.91 Å². The Balaban J connectivity index is 1.98. The van der Waals surface area contributed by atoms with Gasteiger partial charge in [0.1, 0.15) is 0 Å². The number of hydrogen-bond donors (Lipinski definition) is 1. The Morgan fingerprint density at radius 3 is 3.06 bits per heavy atom. The first-order valence-corrected chi connectivity index (χ1v) is 6.08. The Hall–Kier alpha value is -1.31. The van der Waals surface area contributed by atoms with E-state index in [-0.39, 0.29) is 17.2 Å². The van der Waals surface area contributed by atoms with E-state index in [1.54, 1.807) is 7.05 Å². The summed E-state index contributed by atoms with van der Waals surface area (Å²) in [7, 11) is 1.74. The summed E-state index contributed by atoms with van der Waals surface area (Å²) in [6.07, 6.45) is 4.63. The molecule has 2 nitrogen and oxygen atoms in total. The average molecular weight is 215 g/mol. The number of fused-ring (bicyclic) bond motifs is 2. The van der Waals surface area contributed by atoms with Gasteiger partial charge in [0.2, 0.25) is 5.91 Å². The van der Waals surface area contributed by atoms with Crippen LogP contribution in [0, 0.1) is 5.92 Å². The van der Waals surface area contributed by atoms with Gasteiger partial charge in [0.25, 0.3) is 0 Å². The maximum absolute atomic E-state index is 11.7. The summed E-state index contributed by atoms with van der Waals surface area (Å²) in [5.74, 6) is 0.440. The van der Waals surface area contributed by atoms with Gasteiger partial charge >= 0.3 is 0 Å². The summed E-state index contributed by atoms with van der Waals surface area (Å²) in [4.78, 5) is 11.7. The second-order valence-corrected chi connectivity index (χ2v) is 5.04. The smallest absolute Gasteiger partial charge is 0.223 e. The van der Waals surface area contributed by atoms with Crippen molar-refractivity contribution in [2.75, 3.05) is 7.05 Å². The fourth-order valence-corrected chi connectivity index (χ4v) is 3.35. The highest BCUT2D eigenvalue weighted by Crippen LogP contribution is 2.60. The van der Waals surface area contributed by atoms with Gasteiger partial charge in [-0.2, -0.15) is 0 Å². The molecule has 84 valence electrons. The van der Waals surface area contributed by atoms with Gasteiger partial charge in [0.15, 0.2) is 0 Å². The third-order valence-electron chi connectivity index (χ3n) is 4.26. The minimum Gasteiger partial charge on any atom is -0.359 e. The minimum atomic E-state index is 0.189. The standard InChI is InChI=1S/C14H17NO/c1-15-13(16)12-9-14(12)8-4-6-10-5-2-3-7-11(10)14/h2-3,5,7,12H,4,6,8-9H2,1H3,(H,15,16)/t12-,14-/m1/s1. The molecule has 2 aliphatic carbocycles. The molecule has 16 heavy (non-hydrogen) atoms. The molecule has 1 spiro atoms. The molecule has 0 unspecified atom stereocenters. The minimum absolute atomic E-state index is 0.189. The molecule has 0 heterocycles. The predicted molar refractivity (Wildman–Crippen MR) is 63.2 cm³/mol. The first kappa shape index (κ1) is 9.88. The van der Waals surface area contributed by atoms with Gasteiger partial charge in [-0.3, -0.25) is 4.79 Å². The van der Waals surface area contributed by atoms with Crippen LogP contribution < -0.4 is 5.32 Å². The third kappa shape index (κ3) is 1.22. The van der Waals surface area contributed by atoms with E-state index in [1.807, 2.05) is 0 Å². The predicted octanol–water partition coefficient (Wildman–Crippen LogP) is 2.03. The molecular weight excluding hydrogens is 198 g/mol. The van der Waals surface area contributed by atoms with Crippen molar-refractivity contribution in [1.29, 1.82) is 0 Å². The van der Waals surface area contributed by atoms with Gasteiger partial charge in [-0.25, -0.2) is 0 Å². The Bertz CT molecular complexity index is 440. The van der Waals surface area contributed by atoms with Crippen LogP contribution >= 0.6 is 0 Å². The lowest BCUT2D eigenvalue weighted by Crippen LogP contribution is -2.27. The molecule has 2 heteroatoms. The number of rotatable bonds is 1. The van der Waals surface area contributed by atoms with E-state index < -0.39 is 0 Å². The number of amides is 1. The monoisotopic (exact) mass is 215 g/mol. The van der Waals surface area contributed by atoms with Crippen molar-refractivity contribution in [2.45, 2.75) is 31.1 Å². The van der Waals surface area contributed by atoms with Crippen molar-refractivity contribution < 1.29 is 4.79 Å². The Labute approximate surface area is 96.1 Å². The van der Waals surface area contributed by atoms with Crippen LogP contribution in [0.1, 0.15) is 30.4 Å². The van der Waals surface area contributed by atoms with Crippen molar-refractivity contribution in [2.24, 2.45) is 5.92 Å². The lowest BCUT2D eigenvalue weighted by molar-refractivity contribution is -0.122. The molecule has 2 aliphatic rings. The van der Waals surface area contributed by atoms with Crippen LogP contribution in [0.5, 0.6) is 0 Å². The quantitative estimate of drug-likeness (QED) is 0.763. The molecule has 1 aromatic rings. The lowest BCUT2D eigenvalue weighted by atomic mass is 9.78. The topological polar surface area (TPSA) is 29.1 Å². The van der Waals surface area contributed by atoms with Gasteiger partial charge in [-0.05, 0) is 36.8 Å². The van der Waals surface area contributed by atoms with Crippen LogP contribution in [-0.4, -0.2) is 13.0 Å². The Morgan fingerprint density at radius 1 is 1.44 bits per heavy atom. The first-order chi connectivity index (χ1) is 7.78. The van der Waals surface area contributed by atoms with E-state index in [4.69, 9.17) is 0 Å². The van der Waals surface area contributed by atoms with E-state index >= 15 is 0 Å². The summed E-state index contributed by atoms with van der Waals surface area (Å²) < 4.78 is 0.